The summed E-state index contributed by atoms with van der Waals surface area (Å²) >= 11 is 0. The summed E-state index contributed by atoms with van der Waals surface area (Å²) in [5, 5.41) is 0. The van der Waals surface area contributed by atoms with Gasteiger partial charge >= 0.3 is 0 Å². The maximum Gasteiger partial charge on any atom is 0.192 e. The van der Waals surface area contributed by atoms with Crippen LogP contribution in [0.1, 0.15) is 58.3 Å². The van der Waals surface area contributed by atoms with Crippen LogP contribution in [0.5, 0.6) is 0 Å². The van der Waals surface area contributed by atoms with E-state index in [1.54, 1.807) is 24.3 Å². The largest absolute Gasteiger partial charge is 0.289 e. The first-order valence-electron chi connectivity index (χ1n) is 7.76. The molecule has 1 aromatic rings. The molecule has 0 atom stereocenters. The molecule has 0 saturated carbocycles. The van der Waals surface area contributed by atoms with Gasteiger partial charge in [0, 0.05) is 11.1 Å². The maximum absolute atomic E-state index is 11.8. The molecule has 0 aliphatic carbocycles. The van der Waals surface area contributed by atoms with Crippen LogP contribution in [0.15, 0.2) is 67.3 Å². The Hall–Kier alpha value is -1.89. The van der Waals surface area contributed by atoms with Crippen LogP contribution in [-0.2, 0) is 0 Å². The number of hydrogen-bond donors (Lipinski definition) is 0. The third kappa shape index (κ3) is 12.9. The zero-order valence-electron chi connectivity index (χ0n) is 14.6. The van der Waals surface area contributed by atoms with Crippen LogP contribution in [0.4, 0.5) is 0 Å². The minimum atomic E-state index is -0.0273. The van der Waals surface area contributed by atoms with Crippen LogP contribution in [-0.4, -0.2) is 5.78 Å². The van der Waals surface area contributed by atoms with Crippen molar-refractivity contribution in [2.75, 3.05) is 0 Å². The quantitative estimate of drug-likeness (QED) is 0.345. The van der Waals surface area contributed by atoms with Crippen LogP contribution in [0.2, 0.25) is 0 Å². The molecule has 0 aromatic heterocycles. The number of Topliss-reactive ketones (excluding diaryl/α,β-unsaturated/α-hetero) is 1. The van der Waals surface area contributed by atoms with Gasteiger partial charge in [0.2, 0.25) is 0 Å². The number of rotatable bonds is 4. The van der Waals surface area contributed by atoms with Crippen molar-refractivity contribution in [3.63, 3.8) is 0 Å². The molecule has 1 heteroatoms. The first kappa shape index (κ1) is 24.1. The fraction of sp³-hybridized carbons (Fsp3) is 0.350. The molecule has 0 radical (unpaired) electrons. The van der Waals surface area contributed by atoms with E-state index in [-0.39, 0.29) is 5.78 Å². The van der Waals surface area contributed by atoms with E-state index in [0.29, 0.717) is 11.1 Å². The number of ketones is 1. The van der Waals surface area contributed by atoms with Crippen LogP contribution in [0.25, 0.3) is 0 Å². The summed E-state index contributed by atoms with van der Waals surface area (Å²) < 4.78 is 0. The molecule has 0 aliphatic rings. The molecule has 1 aromatic carbocycles. The van der Waals surface area contributed by atoms with Crippen molar-refractivity contribution in [2.45, 2.75) is 48.0 Å². The number of benzene rings is 1. The highest BCUT2D eigenvalue weighted by molar-refractivity contribution is 6.10. The Morgan fingerprint density at radius 3 is 1.76 bits per heavy atom. The van der Waals surface area contributed by atoms with Gasteiger partial charge in [-0.15, -0.1) is 0 Å². The molecule has 0 N–H and O–H groups in total. The normalized spacial score (nSPS) is 8.57. The van der Waals surface area contributed by atoms with Gasteiger partial charge in [0.15, 0.2) is 5.78 Å². The molecule has 0 bridgehead atoms. The summed E-state index contributed by atoms with van der Waals surface area (Å²) in [4.78, 5) is 11.8. The van der Waals surface area contributed by atoms with Gasteiger partial charge in [0.1, 0.15) is 0 Å². The van der Waals surface area contributed by atoms with Gasteiger partial charge < -0.3 is 0 Å². The van der Waals surface area contributed by atoms with E-state index >= 15 is 0 Å². The number of allylic oxidation sites excluding steroid dienone is 4. The molecule has 0 spiro atoms. The predicted molar refractivity (Wildman–Crippen MR) is 97.9 cm³/mol. The third-order valence-electron chi connectivity index (χ3n) is 1.82. The second-order valence-electron chi connectivity index (χ2n) is 3.46. The lowest BCUT2D eigenvalue weighted by molar-refractivity contribution is 0.103. The van der Waals surface area contributed by atoms with Gasteiger partial charge in [-0.05, 0) is 0 Å². The van der Waals surface area contributed by atoms with Gasteiger partial charge in [0.05, 0.1) is 0 Å². The van der Waals surface area contributed by atoms with Gasteiger partial charge in [-0.25, -0.2) is 0 Å². The summed E-state index contributed by atoms with van der Waals surface area (Å²) in [6.45, 7) is 19.4. The molecule has 1 nitrogen and oxygen atoms in total. The topological polar surface area (TPSA) is 17.1 Å². The van der Waals surface area contributed by atoms with Crippen LogP contribution in [0, 0.1) is 0 Å². The molecule has 0 fully saturated rings. The van der Waals surface area contributed by atoms with E-state index in [1.165, 1.54) is 12.5 Å². The second kappa shape index (κ2) is 20.4. The average Bonchev–Trinajstić information content (AvgIpc) is 2.57. The first-order valence-corrected chi connectivity index (χ1v) is 7.76. The summed E-state index contributed by atoms with van der Waals surface area (Å²) in [6, 6.07) is 9.11. The average molecular weight is 288 g/mol. The van der Waals surface area contributed by atoms with Gasteiger partial charge in [-0.3, -0.25) is 4.79 Å². The van der Waals surface area contributed by atoms with Crippen molar-refractivity contribution in [1.82, 2.24) is 0 Å². The Labute approximate surface area is 132 Å². The van der Waals surface area contributed by atoms with E-state index in [4.69, 9.17) is 0 Å². The summed E-state index contributed by atoms with van der Waals surface area (Å²) in [5.74, 6) is -0.0273. The zero-order valence-corrected chi connectivity index (χ0v) is 14.6. The molecule has 0 saturated heterocycles. The standard InChI is InChI=1S/C13H12O.C3H8.2C2H6/c1-3-8-11(4-2)13(14)12-9-6-5-7-10-12;1-3-2;2*1-2/h3-10H,1-2H2;3H2,1-2H3;2*1-2H3/b11-8+;;;. The number of carbonyl (C=O) groups is 1. The van der Waals surface area contributed by atoms with E-state index in [0.717, 1.165) is 0 Å². The minimum Gasteiger partial charge on any atom is -0.289 e. The van der Waals surface area contributed by atoms with Crippen molar-refractivity contribution < 1.29 is 4.79 Å². The highest BCUT2D eigenvalue weighted by Gasteiger charge is 2.06. The van der Waals surface area contributed by atoms with E-state index < -0.39 is 0 Å². The Morgan fingerprint density at radius 2 is 1.43 bits per heavy atom. The van der Waals surface area contributed by atoms with Gasteiger partial charge in [0.25, 0.3) is 0 Å². The van der Waals surface area contributed by atoms with E-state index in [2.05, 4.69) is 27.0 Å². The highest BCUT2D eigenvalue weighted by atomic mass is 16.1. The molecular weight excluding hydrogens is 256 g/mol. The Morgan fingerprint density at radius 1 is 1.00 bits per heavy atom. The summed E-state index contributed by atoms with van der Waals surface area (Å²) in [5.41, 5.74) is 1.23. The van der Waals surface area contributed by atoms with Crippen LogP contribution < -0.4 is 0 Å². The molecule has 0 aliphatic heterocycles. The SMILES string of the molecule is C=C/C=C(\C=C)C(=O)c1ccccc1.CC.CC.CCC. The predicted octanol–water partition coefficient (Wildman–Crippen LogP) is 6.64. The molecule has 0 heterocycles. The number of carbonyl (C=O) groups excluding carboxylic acids is 1. The monoisotopic (exact) mass is 288 g/mol. The zero-order chi connectivity index (χ0) is 17.1. The molecule has 1 rings (SSSR count). The second-order valence-corrected chi connectivity index (χ2v) is 3.46. The first-order chi connectivity index (χ1) is 10.2. The van der Waals surface area contributed by atoms with Crippen molar-refractivity contribution in [3.05, 3.63) is 72.9 Å². The van der Waals surface area contributed by atoms with Gasteiger partial charge in [-0.2, -0.15) is 0 Å². The highest BCUT2D eigenvalue weighted by Crippen LogP contribution is 2.08. The molecule has 0 amide bonds. The van der Waals surface area contributed by atoms with Crippen LogP contribution in [0.3, 0.4) is 0 Å². The smallest absolute Gasteiger partial charge is 0.192 e. The lowest BCUT2D eigenvalue weighted by Gasteiger charge is -1.99. The van der Waals surface area contributed by atoms with E-state index in [1.807, 2.05) is 45.9 Å². The summed E-state index contributed by atoms with van der Waals surface area (Å²) in [7, 11) is 0. The van der Waals surface area contributed by atoms with Crippen molar-refractivity contribution in [2.24, 2.45) is 0 Å². The van der Waals surface area contributed by atoms with E-state index in [9.17, 15) is 4.79 Å². The van der Waals surface area contributed by atoms with Gasteiger partial charge in [-0.1, -0.05) is 110 Å². The molecule has 118 valence electrons. The molecular formula is C20H32O. The minimum absolute atomic E-state index is 0.0273. The third-order valence-corrected chi connectivity index (χ3v) is 1.82. The van der Waals surface area contributed by atoms with Crippen molar-refractivity contribution in [1.29, 1.82) is 0 Å². The fourth-order valence-electron chi connectivity index (χ4n) is 1.12. The lowest BCUT2D eigenvalue weighted by Crippen LogP contribution is -2.00. The molecule has 21 heavy (non-hydrogen) atoms. The van der Waals surface area contributed by atoms with Crippen molar-refractivity contribution in [3.8, 4) is 0 Å². The lowest BCUT2D eigenvalue weighted by atomic mass is 10.0. The summed E-state index contributed by atoms with van der Waals surface area (Å²) in [6.07, 6.45) is 6.02. The maximum atomic E-state index is 11.8. The molecule has 0 unspecified atom stereocenters. The number of hydrogen-bond acceptors (Lipinski definition) is 1. The Kier molecular flexibility index (Phi) is 23.5. The van der Waals surface area contributed by atoms with Crippen molar-refractivity contribution >= 4 is 5.78 Å². The van der Waals surface area contributed by atoms with Crippen LogP contribution >= 0.6 is 0 Å². The Balaban J connectivity index is -0.000000399. The Bertz CT molecular complexity index is 386. The fourth-order valence-corrected chi connectivity index (χ4v) is 1.12.